The Balaban J connectivity index is 0.000000242. The van der Waals surface area contributed by atoms with E-state index in [1.165, 1.54) is 26.6 Å². The smallest absolute Gasteiger partial charge is 0.465 e. The maximum Gasteiger partial charge on any atom is 0.488 e. The number of esters is 2. The van der Waals surface area contributed by atoms with Gasteiger partial charge in [0.1, 0.15) is 5.69 Å². The molecule has 6 rings (SSSR count). The summed E-state index contributed by atoms with van der Waals surface area (Å²) in [6, 6.07) is 17.6. The Bertz CT molecular complexity index is 2200. The van der Waals surface area contributed by atoms with Crippen molar-refractivity contribution in [1.82, 2.24) is 29.9 Å². The van der Waals surface area contributed by atoms with Crippen molar-refractivity contribution in [3.63, 3.8) is 0 Å². The highest BCUT2D eigenvalue weighted by Crippen LogP contribution is 2.30. The fraction of sp³-hybridized carbons (Fsp3) is 0.282. The number of aromatic nitrogens is 6. The van der Waals surface area contributed by atoms with E-state index in [2.05, 4.69) is 38.7 Å². The fourth-order valence-corrected chi connectivity index (χ4v) is 5.02. The minimum atomic E-state index is -1.38. The van der Waals surface area contributed by atoms with Gasteiger partial charge in [0.25, 0.3) is 0 Å². The normalized spacial score (nSPS) is 10.4. The lowest BCUT2D eigenvalue weighted by atomic mass is 9.81. The summed E-state index contributed by atoms with van der Waals surface area (Å²) in [4.78, 5) is 53.5. The molecule has 0 unspecified atom stereocenters. The largest absolute Gasteiger partial charge is 0.488 e. The lowest BCUT2D eigenvalue weighted by Crippen LogP contribution is -2.29. The number of rotatable bonds is 8. The van der Waals surface area contributed by atoms with Crippen LogP contribution in [0.5, 0.6) is 0 Å². The Kier molecular flexibility index (Phi) is 15.9. The van der Waals surface area contributed by atoms with Gasteiger partial charge >= 0.3 is 19.1 Å². The summed E-state index contributed by atoms with van der Waals surface area (Å²) < 4.78 is 9.49. The van der Waals surface area contributed by atoms with E-state index in [4.69, 9.17) is 41.1 Å². The molecule has 0 bridgehead atoms. The molecule has 4 aromatic heterocycles. The van der Waals surface area contributed by atoms with Gasteiger partial charge in [-0.1, -0.05) is 19.0 Å². The van der Waals surface area contributed by atoms with E-state index in [1.807, 2.05) is 45.0 Å². The molecule has 0 spiro atoms. The fourth-order valence-electron chi connectivity index (χ4n) is 4.76. The highest BCUT2D eigenvalue weighted by molar-refractivity contribution is 6.58. The number of methoxy groups -OCH3 is 2. The van der Waals surface area contributed by atoms with Crippen LogP contribution in [0.3, 0.4) is 0 Å². The van der Waals surface area contributed by atoms with E-state index in [-0.39, 0.29) is 25.5 Å². The molecule has 16 heteroatoms. The van der Waals surface area contributed by atoms with Crippen LogP contribution >= 0.6 is 11.6 Å². The second-order valence-electron chi connectivity index (χ2n) is 12.4. The summed E-state index contributed by atoms with van der Waals surface area (Å²) in [7, 11) is 5.21. The van der Waals surface area contributed by atoms with Crippen LogP contribution in [-0.4, -0.2) is 99.4 Å². The molecule has 2 aromatic carbocycles. The molecule has 0 amide bonds. The van der Waals surface area contributed by atoms with Gasteiger partial charge in [-0.2, -0.15) is 0 Å². The zero-order valence-corrected chi connectivity index (χ0v) is 32.1. The maximum atomic E-state index is 11.8. The van der Waals surface area contributed by atoms with Crippen LogP contribution in [0.15, 0.2) is 85.5 Å². The molecule has 55 heavy (non-hydrogen) atoms. The third-order valence-corrected chi connectivity index (χ3v) is 8.52. The first kappa shape index (κ1) is 43.6. The molecule has 4 heterocycles. The van der Waals surface area contributed by atoms with Crippen LogP contribution < -0.4 is 15.3 Å². The van der Waals surface area contributed by atoms with Gasteiger partial charge in [-0.3, -0.25) is 9.97 Å². The highest BCUT2D eigenvalue weighted by atomic mass is 35.5. The van der Waals surface area contributed by atoms with Gasteiger partial charge in [0, 0.05) is 56.5 Å². The monoisotopic (exact) mass is 768 g/mol. The van der Waals surface area contributed by atoms with Gasteiger partial charge in [0.15, 0.2) is 16.8 Å². The van der Waals surface area contributed by atoms with Crippen molar-refractivity contribution in [1.29, 1.82) is 0 Å². The predicted octanol–water partition coefficient (Wildman–Crippen LogP) is 5.63. The van der Waals surface area contributed by atoms with Crippen molar-refractivity contribution in [2.75, 3.05) is 38.1 Å². The van der Waals surface area contributed by atoms with E-state index in [0.717, 1.165) is 22.6 Å². The predicted molar refractivity (Wildman–Crippen MR) is 218 cm³/mol. The quantitative estimate of drug-likeness (QED) is 0.144. The third kappa shape index (κ3) is 11.1. The number of hydrogen-bond donors (Lipinski definition) is 2. The van der Waals surface area contributed by atoms with Crippen LogP contribution in [0.4, 0.5) is 11.6 Å². The van der Waals surface area contributed by atoms with Crippen LogP contribution in [0.2, 0.25) is 5.15 Å². The molecule has 0 radical (unpaired) electrons. The molecule has 0 atom stereocenters. The van der Waals surface area contributed by atoms with Gasteiger partial charge in [0.05, 0.1) is 47.4 Å². The Labute approximate surface area is 326 Å². The molecular weight excluding hydrogens is 723 g/mol. The number of ether oxygens (including phenoxy) is 2. The molecule has 0 saturated heterocycles. The minimum absolute atomic E-state index is 0. The van der Waals surface area contributed by atoms with Gasteiger partial charge in [-0.15, -0.1) is 0 Å². The molecule has 288 valence electrons. The Morgan fingerprint density at radius 2 is 1.09 bits per heavy atom. The minimum Gasteiger partial charge on any atom is -0.465 e. The SMILES string of the molecule is C.COC(=O)c1ccc2nc(-c3ccncc3)c(N(C)C(C)C)nc2c1.COC(=O)c1ccc2nc(Cl)c(N(C)C(C)C)nc2c1.OB(O)c1ccncc1. The van der Waals surface area contributed by atoms with Crippen LogP contribution in [0.25, 0.3) is 33.3 Å². The zero-order valence-electron chi connectivity index (χ0n) is 31.3. The molecule has 0 aliphatic rings. The van der Waals surface area contributed by atoms with Gasteiger partial charge in [0.2, 0.25) is 0 Å². The van der Waals surface area contributed by atoms with E-state index in [9.17, 15) is 9.59 Å². The van der Waals surface area contributed by atoms with Crippen LogP contribution in [0, 0.1) is 0 Å². The molecule has 0 saturated carbocycles. The third-order valence-electron chi connectivity index (χ3n) is 8.27. The summed E-state index contributed by atoms with van der Waals surface area (Å²) >= 11 is 6.16. The number of pyridine rings is 2. The zero-order chi connectivity index (χ0) is 39.5. The van der Waals surface area contributed by atoms with Gasteiger partial charge < -0.3 is 29.3 Å². The number of benzene rings is 2. The average Bonchev–Trinajstić information content (AvgIpc) is 3.19. The summed E-state index contributed by atoms with van der Waals surface area (Å²) in [6.45, 7) is 8.25. The molecule has 0 aliphatic heterocycles. The lowest BCUT2D eigenvalue weighted by Gasteiger charge is -2.25. The van der Waals surface area contributed by atoms with Crippen molar-refractivity contribution in [2.24, 2.45) is 0 Å². The Hall–Kier alpha value is -5.77. The van der Waals surface area contributed by atoms with Crippen molar-refractivity contribution in [2.45, 2.75) is 47.2 Å². The standard InChI is InChI=1S/C19H20N4O2.C14H16ClN3O2.C5H6BNO2.CH4/c1-12(2)23(3)18-17(13-7-9-20-10-8-13)21-15-6-5-14(19(24)25-4)11-16(15)22-18;1-8(2)18(3)13-12(15)16-10-6-5-9(14(19)20-4)7-11(10)17-13;8-6(9)5-1-3-7-4-2-5;/h5-12H,1-4H3;5-8H,1-4H3;1-4,8-9H;1H4. The van der Waals surface area contributed by atoms with E-state index in [1.54, 1.807) is 60.9 Å². The maximum absolute atomic E-state index is 11.8. The number of nitrogens with zero attached hydrogens (tertiary/aromatic N) is 8. The molecule has 0 fully saturated rings. The first-order valence-corrected chi connectivity index (χ1v) is 17.2. The van der Waals surface area contributed by atoms with Gasteiger partial charge in [-0.05, 0) is 93.8 Å². The molecule has 6 aromatic rings. The summed E-state index contributed by atoms with van der Waals surface area (Å²) in [5, 5.41) is 17.4. The van der Waals surface area contributed by atoms with E-state index >= 15 is 0 Å². The Morgan fingerprint density at radius 1 is 0.655 bits per heavy atom. The Morgan fingerprint density at radius 3 is 1.53 bits per heavy atom. The molecular formula is C39H46BClN8O6. The molecule has 14 nitrogen and oxygen atoms in total. The first-order chi connectivity index (χ1) is 25.7. The first-order valence-electron chi connectivity index (χ1n) is 16.8. The number of anilines is 2. The number of carbonyl (C=O) groups is 2. The van der Waals surface area contributed by atoms with Gasteiger partial charge in [-0.25, -0.2) is 29.5 Å². The molecule has 2 N–H and O–H groups in total. The van der Waals surface area contributed by atoms with Crippen LogP contribution in [0.1, 0.15) is 55.8 Å². The number of halogens is 1. The second-order valence-corrected chi connectivity index (χ2v) is 12.8. The van der Waals surface area contributed by atoms with E-state index in [0.29, 0.717) is 44.1 Å². The number of carbonyl (C=O) groups excluding carboxylic acids is 2. The second kappa shape index (κ2) is 20.1. The lowest BCUT2D eigenvalue weighted by molar-refractivity contribution is 0.0592. The molecule has 0 aliphatic carbocycles. The van der Waals surface area contributed by atoms with Crippen LogP contribution in [-0.2, 0) is 9.47 Å². The van der Waals surface area contributed by atoms with E-state index < -0.39 is 13.1 Å². The summed E-state index contributed by atoms with van der Waals surface area (Å²) in [5.74, 6) is 0.565. The topological polar surface area (TPSA) is 177 Å². The van der Waals surface area contributed by atoms with Crippen molar-refractivity contribution in [3.05, 3.63) is 102 Å². The average molecular weight is 769 g/mol. The number of hydrogen-bond acceptors (Lipinski definition) is 14. The number of fused-ring (bicyclic) bond motifs is 2. The van der Waals surface area contributed by atoms with Crippen molar-refractivity contribution in [3.8, 4) is 11.3 Å². The highest BCUT2D eigenvalue weighted by Gasteiger charge is 2.19. The summed E-state index contributed by atoms with van der Waals surface area (Å²) in [6.07, 6.45) is 6.49. The van der Waals surface area contributed by atoms with Crippen molar-refractivity contribution >= 4 is 69.8 Å². The van der Waals surface area contributed by atoms with Crippen molar-refractivity contribution < 1.29 is 29.1 Å². The summed E-state index contributed by atoms with van der Waals surface area (Å²) in [5.41, 5.74) is 5.73.